The predicted molar refractivity (Wildman–Crippen MR) is 81.3 cm³/mol. The first-order valence-electron chi connectivity index (χ1n) is 7.35. The normalized spacial score (nSPS) is 11.3. The van der Waals surface area contributed by atoms with Crippen LogP contribution >= 0.6 is 0 Å². The Balaban J connectivity index is 2.05. The molecular weight excluding hydrogens is 300 g/mol. The van der Waals surface area contributed by atoms with Crippen molar-refractivity contribution in [1.29, 1.82) is 0 Å². The molecular formula is C14H20N6O3. The maximum Gasteiger partial charge on any atom is 0.313 e. The summed E-state index contributed by atoms with van der Waals surface area (Å²) in [6.07, 6.45) is 2.78. The fourth-order valence-electron chi connectivity index (χ4n) is 2.36. The fourth-order valence-corrected chi connectivity index (χ4v) is 2.36. The second-order valence-corrected chi connectivity index (χ2v) is 5.20. The topological polar surface area (TPSA) is 126 Å². The SMILES string of the molecule is CCC(CC)(CNC(=O)c1cc(-c2nn[nH]n2)c[nH]1)C(=O)OC. The molecule has 9 nitrogen and oxygen atoms in total. The van der Waals surface area contributed by atoms with E-state index < -0.39 is 5.41 Å². The number of aromatic nitrogens is 5. The lowest BCUT2D eigenvalue weighted by atomic mass is 9.82. The number of ether oxygens (including phenoxy) is 1. The van der Waals surface area contributed by atoms with Crippen LogP contribution < -0.4 is 5.32 Å². The van der Waals surface area contributed by atoms with Crippen LogP contribution in [0, 0.1) is 5.41 Å². The number of aromatic amines is 2. The first-order chi connectivity index (χ1) is 11.1. The number of nitrogens with one attached hydrogen (secondary N) is 3. The molecule has 0 fully saturated rings. The highest BCUT2D eigenvalue weighted by molar-refractivity contribution is 5.94. The standard InChI is InChI=1S/C14H20N6O3/c1-4-14(5-2,13(22)23-3)8-16-12(21)10-6-9(7-15-10)11-17-19-20-18-11/h6-7,15H,4-5,8H2,1-3H3,(H,16,21)(H,17,18,19,20). The highest BCUT2D eigenvalue weighted by atomic mass is 16.5. The summed E-state index contributed by atoms with van der Waals surface area (Å²) >= 11 is 0. The highest BCUT2D eigenvalue weighted by Gasteiger charge is 2.36. The molecule has 0 aliphatic carbocycles. The number of nitrogens with zero attached hydrogens (tertiary/aromatic N) is 3. The summed E-state index contributed by atoms with van der Waals surface area (Å²) in [4.78, 5) is 27.1. The largest absolute Gasteiger partial charge is 0.469 e. The summed E-state index contributed by atoms with van der Waals surface area (Å²) in [5.74, 6) is -0.233. The van der Waals surface area contributed by atoms with E-state index in [1.807, 2.05) is 13.8 Å². The smallest absolute Gasteiger partial charge is 0.313 e. The summed E-state index contributed by atoms with van der Waals surface area (Å²) < 4.78 is 4.86. The van der Waals surface area contributed by atoms with Crippen LogP contribution in [-0.4, -0.2) is 51.1 Å². The molecule has 3 N–H and O–H groups in total. The average molecular weight is 320 g/mol. The van der Waals surface area contributed by atoms with Crippen molar-refractivity contribution in [1.82, 2.24) is 30.9 Å². The van der Waals surface area contributed by atoms with Gasteiger partial charge in [0.25, 0.3) is 5.91 Å². The average Bonchev–Trinajstić information content (AvgIpc) is 3.26. The quantitative estimate of drug-likeness (QED) is 0.651. The number of tetrazole rings is 1. The monoisotopic (exact) mass is 320 g/mol. The van der Waals surface area contributed by atoms with Gasteiger partial charge in [-0.15, -0.1) is 10.2 Å². The van der Waals surface area contributed by atoms with Gasteiger partial charge in [-0.3, -0.25) is 9.59 Å². The third kappa shape index (κ3) is 3.38. The van der Waals surface area contributed by atoms with Crippen molar-refractivity contribution in [3.8, 4) is 11.4 Å². The maximum absolute atomic E-state index is 12.3. The molecule has 2 aromatic rings. The Hall–Kier alpha value is -2.71. The van der Waals surface area contributed by atoms with Crippen LogP contribution in [-0.2, 0) is 9.53 Å². The van der Waals surface area contributed by atoms with E-state index in [1.165, 1.54) is 7.11 Å². The maximum atomic E-state index is 12.3. The Labute approximate surface area is 133 Å². The summed E-state index contributed by atoms with van der Waals surface area (Å²) in [6.45, 7) is 4.01. The zero-order valence-electron chi connectivity index (χ0n) is 13.3. The molecule has 0 atom stereocenters. The van der Waals surface area contributed by atoms with Crippen molar-refractivity contribution >= 4 is 11.9 Å². The van der Waals surface area contributed by atoms with Crippen LogP contribution in [0.25, 0.3) is 11.4 Å². The molecule has 0 saturated heterocycles. The molecule has 0 radical (unpaired) electrons. The number of hydrogen-bond acceptors (Lipinski definition) is 6. The van der Waals surface area contributed by atoms with Gasteiger partial charge < -0.3 is 15.0 Å². The lowest BCUT2D eigenvalue weighted by Gasteiger charge is -2.28. The summed E-state index contributed by atoms with van der Waals surface area (Å²) in [6, 6.07) is 1.62. The van der Waals surface area contributed by atoms with Crippen LogP contribution in [0.2, 0.25) is 0 Å². The second kappa shape index (κ2) is 7.03. The van der Waals surface area contributed by atoms with Crippen LogP contribution in [0.3, 0.4) is 0 Å². The molecule has 0 unspecified atom stereocenters. The van der Waals surface area contributed by atoms with Crippen LogP contribution in [0.15, 0.2) is 12.3 Å². The Bertz CT molecular complexity index is 660. The number of carbonyl (C=O) groups is 2. The van der Waals surface area contributed by atoms with Crippen molar-refractivity contribution < 1.29 is 14.3 Å². The van der Waals surface area contributed by atoms with Crippen molar-refractivity contribution in [3.63, 3.8) is 0 Å². The van der Waals surface area contributed by atoms with E-state index in [0.29, 0.717) is 29.9 Å². The number of methoxy groups -OCH3 is 1. The fraction of sp³-hybridized carbons (Fsp3) is 0.500. The third-order valence-corrected chi connectivity index (χ3v) is 4.09. The van der Waals surface area contributed by atoms with Gasteiger partial charge in [-0.2, -0.15) is 5.21 Å². The minimum Gasteiger partial charge on any atom is -0.469 e. The number of hydrogen-bond donors (Lipinski definition) is 3. The second-order valence-electron chi connectivity index (χ2n) is 5.20. The van der Waals surface area contributed by atoms with Crippen LogP contribution in [0.4, 0.5) is 0 Å². The van der Waals surface area contributed by atoms with Crippen molar-refractivity contribution in [2.45, 2.75) is 26.7 Å². The van der Waals surface area contributed by atoms with E-state index in [1.54, 1.807) is 12.3 Å². The first-order valence-corrected chi connectivity index (χ1v) is 7.35. The van der Waals surface area contributed by atoms with Crippen molar-refractivity contribution in [2.75, 3.05) is 13.7 Å². The van der Waals surface area contributed by atoms with Gasteiger partial charge in [-0.1, -0.05) is 13.8 Å². The molecule has 0 spiro atoms. The third-order valence-electron chi connectivity index (χ3n) is 4.09. The Morgan fingerprint density at radius 2 is 2.09 bits per heavy atom. The van der Waals surface area contributed by atoms with E-state index in [-0.39, 0.29) is 18.4 Å². The molecule has 0 aliphatic heterocycles. The molecule has 2 rings (SSSR count). The lowest BCUT2D eigenvalue weighted by Crippen LogP contribution is -2.43. The number of amides is 1. The molecule has 0 bridgehead atoms. The minimum atomic E-state index is -0.715. The van der Waals surface area contributed by atoms with E-state index in [0.717, 1.165) is 0 Å². The number of esters is 1. The van der Waals surface area contributed by atoms with Crippen molar-refractivity contribution in [2.24, 2.45) is 5.41 Å². The van der Waals surface area contributed by atoms with E-state index in [2.05, 4.69) is 30.9 Å². The Morgan fingerprint density at radius 1 is 1.35 bits per heavy atom. The van der Waals surface area contributed by atoms with E-state index in [4.69, 9.17) is 4.74 Å². The minimum absolute atomic E-state index is 0.210. The Kier molecular flexibility index (Phi) is 5.09. The molecule has 0 saturated carbocycles. The number of H-pyrrole nitrogens is 2. The van der Waals surface area contributed by atoms with Gasteiger partial charge in [0.2, 0.25) is 5.82 Å². The van der Waals surface area contributed by atoms with E-state index >= 15 is 0 Å². The molecule has 2 heterocycles. The Morgan fingerprint density at radius 3 is 2.65 bits per heavy atom. The van der Waals surface area contributed by atoms with Gasteiger partial charge in [0.15, 0.2) is 0 Å². The predicted octanol–water partition coefficient (Wildman–Crippen LogP) is 0.904. The molecule has 124 valence electrons. The zero-order valence-corrected chi connectivity index (χ0v) is 13.3. The van der Waals surface area contributed by atoms with Crippen LogP contribution in [0.5, 0.6) is 0 Å². The summed E-state index contributed by atoms with van der Waals surface area (Å²) in [7, 11) is 1.35. The molecule has 0 aromatic carbocycles. The highest BCUT2D eigenvalue weighted by Crippen LogP contribution is 2.27. The number of carbonyl (C=O) groups excluding carboxylic acids is 2. The van der Waals surface area contributed by atoms with Gasteiger partial charge >= 0.3 is 5.97 Å². The summed E-state index contributed by atoms with van der Waals surface area (Å²) in [5, 5.41) is 16.3. The first kappa shape index (κ1) is 16.7. The molecule has 23 heavy (non-hydrogen) atoms. The van der Waals surface area contributed by atoms with Gasteiger partial charge in [0.1, 0.15) is 5.69 Å². The lowest BCUT2D eigenvalue weighted by molar-refractivity contribution is -0.152. The molecule has 9 heteroatoms. The van der Waals surface area contributed by atoms with Gasteiger partial charge in [0, 0.05) is 18.3 Å². The van der Waals surface area contributed by atoms with Gasteiger partial charge in [-0.25, -0.2) is 0 Å². The van der Waals surface area contributed by atoms with Gasteiger partial charge in [0.05, 0.1) is 12.5 Å². The van der Waals surface area contributed by atoms with Gasteiger partial charge in [-0.05, 0) is 24.1 Å². The molecule has 0 aliphatic rings. The molecule has 2 aromatic heterocycles. The number of rotatable bonds is 7. The van der Waals surface area contributed by atoms with Crippen LogP contribution in [0.1, 0.15) is 37.2 Å². The zero-order chi connectivity index (χ0) is 16.9. The van der Waals surface area contributed by atoms with E-state index in [9.17, 15) is 9.59 Å². The molecule has 1 amide bonds. The summed E-state index contributed by atoms with van der Waals surface area (Å²) in [5.41, 5.74) is 0.290. The van der Waals surface area contributed by atoms with Crippen molar-refractivity contribution in [3.05, 3.63) is 18.0 Å².